The summed E-state index contributed by atoms with van der Waals surface area (Å²) in [6.07, 6.45) is 3.71. The fourth-order valence-corrected chi connectivity index (χ4v) is 3.41. The fourth-order valence-electron chi connectivity index (χ4n) is 3.41. The fraction of sp³-hybridized carbons (Fsp3) is 0.250. The second-order valence-electron chi connectivity index (χ2n) is 6.22. The summed E-state index contributed by atoms with van der Waals surface area (Å²) in [5.41, 5.74) is 3.31. The van der Waals surface area contributed by atoms with Crippen LogP contribution in [-0.2, 0) is 11.3 Å². The highest BCUT2D eigenvalue weighted by atomic mass is 16.6. The van der Waals surface area contributed by atoms with Gasteiger partial charge in [-0.05, 0) is 47.6 Å². The predicted octanol–water partition coefficient (Wildman–Crippen LogP) is 4.64. The zero-order chi connectivity index (χ0) is 16.4. The smallest absolute Gasteiger partial charge is 0.410 e. The number of likely N-dealkylation sites (tertiary alicyclic amines) is 1. The van der Waals surface area contributed by atoms with E-state index in [-0.39, 0.29) is 12.1 Å². The number of ether oxygens (including phenoxy) is 1. The second kappa shape index (κ2) is 6.40. The largest absolute Gasteiger partial charge is 0.445 e. The summed E-state index contributed by atoms with van der Waals surface area (Å²) in [5.74, 6) is 0. The number of nitrogens with zero attached hydrogens (tertiary/aromatic N) is 1. The van der Waals surface area contributed by atoms with Crippen molar-refractivity contribution in [2.75, 3.05) is 6.54 Å². The number of aromatic amines is 1. The Morgan fingerprint density at radius 2 is 2.04 bits per heavy atom. The van der Waals surface area contributed by atoms with Gasteiger partial charge in [-0.25, -0.2) is 4.79 Å². The number of nitrogens with one attached hydrogen (secondary N) is 1. The highest BCUT2D eigenvalue weighted by Gasteiger charge is 2.31. The summed E-state index contributed by atoms with van der Waals surface area (Å²) in [7, 11) is 0. The van der Waals surface area contributed by atoms with Gasteiger partial charge in [0.25, 0.3) is 0 Å². The molecule has 1 aliphatic heterocycles. The zero-order valence-corrected chi connectivity index (χ0v) is 13.4. The van der Waals surface area contributed by atoms with Gasteiger partial charge in [-0.1, -0.05) is 36.4 Å². The first-order valence-electron chi connectivity index (χ1n) is 8.35. The van der Waals surface area contributed by atoms with Crippen LogP contribution in [0, 0.1) is 0 Å². The minimum atomic E-state index is -0.226. The molecule has 24 heavy (non-hydrogen) atoms. The molecule has 1 aromatic heterocycles. The quantitative estimate of drug-likeness (QED) is 0.764. The Labute approximate surface area is 141 Å². The van der Waals surface area contributed by atoms with Crippen molar-refractivity contribution in [1.29, 1.82) is 0 Å². The average Bonchev–Trinajstić information content (AvgIpc) is 3.28. The highest BCUT2D eigenvalue weighted by Crippen LogP contribution is 2.33. The molecule has 2 heterocycles. The molecule has 4 nitrogen and oxygen atoms in total. The lowest BCUT2D eigenvalue weighted by molar-refractivity contribution is 0.0921. The van der Waals surface area contributed by atoms with Crippen molar-refractivity contribution >= 4 is 17.0 Å². The lowest BCUT2D eigenvalue weighted by Gasteiger charge is -2.24. The molecule has 1 saturated heterocycles. The van der Waals surface area contributed by atoms with Gasteiger partial charge in [0.15, 0.2) is 0 Å². The monoisotopic (exact) mass is 320 g/mol. The zero-order valence-electron chi connectivity index (χ0n) is 13.4. The third kappa shape index (κ3) is 2.87. The first kappa shape index (κ1) is 14.8. The minimum Gasteiger partial charge on any atom is -0.445 e. The molecule has 0 radical (unpaired) electrons. The molecule has 1 fully saturated rings. The van der Waals surface area contributed by atoms with Gasteiger partial charge < -0.3 is 14.6 Å². The Morgan fingerprint density at radius 3 is 2.92 bits per heavy atom. The predicted molar refractivity (Wildman–Crippen MR) is 93.6 cm³/mol. The van der Waals surface area contributed by atoms with E-state index in [0.29, 0.717) is 6.61 Å². The van der Waals surface area contributed by atoms with Gasteiger partial charge in [-0.15, -0.1) is 0 Å². The van der Waals surface area contributed by atoms with Gasteiger partial charge >= 0.3 is 6.09 Å². The van der Waals surface area contributed by atoms with Gasteiger partial charge in [0.1, 0.15) is 6.61 Å². The van der Waals surface area contributed by atoms with Crippen molar-refractivity contribution in [3.05, 3.63) is 71.9 Å². The van der Waals surface area contributed by atoms with E-state index in [1.165, 1.54) is 10.9 Å². The Morgan fingerprint density at radius 1 is 1.17 bits per heavy atom. The molecule has 3 aromatic rings. The number of H-pyrrole nitrogens is 1. The van der Waals surface area contributed by atoms with Crippen LogP contribution >= 0.6 is 0 Å². The number of aromatic nitrogens is 1. The lowest BCUT2D eigenvalue weighted by Crippen LogP contribution is -2.31. The summed E-state index contributed by atoms with van der Waals surface area (Å²) >= 11 is 0. The Kier molecular flexibility index (Phi) is 3.95. The summed E-state index contributed by atoms with van der Waals surface area (Å²) in [6.45, 7) is 1.07. The van der Waals surface area contributed by atoms with Crippen LogP contribution < -0.4 is 0 Å². The molecule has 0 saturated carbocycles. The first-order chi connectivity index (χ1) is 11.8. The number of fused-ring (bicyclic) bond motifs is 1. The van der Waals surface area contributed by atoms with Crippen molar-refractivity contribution < 1.29 is 9.53 Å². The van der Waals surface area contributed by atoms with Gasteiger partial charge in [0.2, 0.25) is 0 Å². The van der Waals surface area contributed by atoms with Crippen LogP contribution in [0.5, 0.6) is 0 Å². The number of hydrogen-bond acceptors (Lipinski definition) is 2. The van der Waals surface area contributed by atoms with Gasteiger partial charge in [0.05, 0.1) is 6.04 Å². The highest BCUT2D eigenvalue weighted by molar-refractivity contribution is 5.80. The number of carbonyl (C=O) groups excluding carboxylic acids is 1. The van der Waals surface area contributed by atoms with E-state index in [4.69, 9.17) is 4.74 Å². The number of hydrogen-bond donors (Lipinski definition) is 1. The average molecular weight is 320 g/mol. The summed E-state index contributed by atoms with van der Waals surface area (Å²) < 4.78 is 5.52. The SMILES string of the molecule is O=C(OCc1ccccc1)N1CCC[C@H]1c1ccc2[nH]ccc2c1. The number of carbonyl (C=O) groups is 1. The van der Waals surface area contributed by atoms with E-state index in [1.54, 1.807) is 0 Å². The van der Waals surface area contributed by atoms with E-state index >= 15 is 0 Å². The Hall–Kier alpha value is -2.75. The van der Waals surface area contributed by atoms with Gasteiger partial charge in [-0.2, -0.15) is 0 Å². The molecule has 122 valence electrons. The topological polar surface area (TPSA) is 45.3 Å². The third-order valence-electron chi connectivity index (χ3n) is 4.65. The van der Waals surface area contributed by atoms with E-state index in [2.05, 4.69) is 29.2 Å². The van der Waals surface area contributed by atoms with Crippen molar-refractivity contribution in [3.63, 3.8) is 0 Å². The molecular formula is C20H20N2O2. The number of rotatable bonds is 3. The normalized spacial score (nSPS) is 17.3. The van der Waals surface area contributed by atoms with E-state index in [9.17, 15) is 4.79 Å². The van der Waals surface area contributed by atoms with Crippen molar-refractivity contribution in [2.24, 2.45) is 0 Å². The maximum atomic E-state index is 12.5. The van der Waals surface area contributed by atoms with Gasteiger partial charge in [0, 0.05) is 18.3 Å². The standard InChI is InChI=1S/C20H20N2O2/c23-20(24-14-15-5-2-1-3-6-15)22-12-4-7-19(22)17-8-9-18-16(13-17)10-11-21-18/h1-3,5-6,8-11,13,19,21H,4,7,12,14H2/t19-/m0/s1. The summed E-state index contributed by atoms with van der Waals surface area (Å²) in [5, 5.41) is 1.18. The van der Waals surface area contributed by atoms with Crippen LogP contribution in [0.15, 0.2) is 60.8 Å². The second-order valence-corrected chi connectivity index (χ2v) is 6.22. The van der Waals surface area contributed by atoms with Crippen LogP contribution in [0.1, 0.15) is 30.0 Å². The summed E-state index contributed by atoms with van der Waals surface area (Å²) in [4.78, 5) is 17.6. The van der Waals surface area contributed by atoms with E-state index in [0.717, 1.165) is 30.5 Å². The Balaban J connectivity index is 1.48. The molecule has 2 aromatic carbocycles. The molecule has 0 spiro atoms. The minimum absolute atomic E-state index is 0.104. The first-order valence-corrected chi connectivity index (χ1v) is 8.35. The molecule has 4 heteroatoms. The maximum absolute atomic E-state index is 12.5. The third-order valence-corrected chi connectivity index (χ3v) is 4.65. The van der Waals surface area contributed by atoms with Crippen LogP contribution in [0.4, 0.5) is 4.79 Å². The molecule has 1 amide bonds. The molecule has 1 atom stereocenters. The molecule has 0 aliphatic carbocycles. The van der Waals surface area contributed by atoms with Gasteiger partial charge in [-0.3, -0.25) is 0 Å². The van der Waals surface area contributed by atoms with Crippen molar-refractivity contribution in [1.82, 2.24) is 9.88 Å². The molecule has 0 bridgehead atoms. The van der Waals surface area contributed by atoms with Crippen LogP contribution in [0.2, 0.25) is 0 Å². The molecular weight excluding hydrogens is 300 g/mol. The van der Waals surface area contributed by atoms with Crippen LogP contribution in [0.3, 0.4) is 0 Å². The van der Waals surface area contributed by atoms with Crippen LogP contribution in [0.25, 0.3) is 10.9 Å². The van der Waals surface area contributed by atoms with E-state index in [1.807, 2.05) is 41.4 Å². The molecule has 4 rings (SSSR count). The van der Waals surface area contributed by atoms with Crippen molar-refractivity contribution in [2.45, 2.75) is 25.5 Å². The van der Waals surface area contributed by atoms with Crippen molar-refractivity contribution in [3.8, 4) is 0 Å². The molecule has 1 N–H and O–H groups in total. The lowest BCUT2D eigenvalue weighted by atomic mass is 10.0. The summed E-state index contributed by atoms with van der Waals surface area (Å²) in [6, 6.07) is 18.3. The van der Waals surface area contributed by atoms with E-state index < -0.39 is 0 Å². The molecule has 0 unspecified atom stereocenters. The molecule has 1 aliphatic rings. The maximum Gasteiger partial charge on any atom is 0.410 e. The number of benzene rings is 2. The number of amides is 1. The Bertz CT molecular complexity index is 841. The van der Waals surface area contributed by atoms with Crippen LogP contribution in [-0.4, -0.2) is 22.5 Å².